The van der Waals surface area contributed by atoms with Gasteiger partial charge in [0.15, 0.2) is 5.82 Å². The zero-order valence-electron chi connectivity index (χ0n) is 8.14. The maximum absolute atomic E-state index is 5.85. The van der Waals surface area contributed by atoms with Crippen molar-refractivity contribution in [2.45, 2.75) is 13.0 Å². The van der Waals surface area contributed by atoms with Crippen molar-refractivity contribution in [1.29, 1.82) is 0 Å². The Hall–Kier alpha value is -1.39. The summed E-state index contributed by atoms with van der Waals surface area (Å²) < 4.78 is 5.07. The summed E-state index contributed by atoms with van der Waals surface area (Å²) in [5.74, 6) is 0.926. The van der Waals surface area contributed by atoms with Gasteiger partial charge in [-0.1, -0.05) is 22.8 Å². The molecule has 2 rings (SSSR count). The largest absolute Gasteiger partial charge is 0.334 e. The molecule has 4 nitrogen and oxygen atoms in total. The molecule has 0 aliphatic heterocycles. The van der Waals surface area contributed by atoms with Gasteiger partial charge in [-0.15, -0.1) is 0 Å². The van der Waals surface area contributed by atoms with Crippen LogP contribution in [-0.4, -0.2) is 10.1 Å². The maximum atomic E-state index is 5.85. The molecule has 1 aromatic heterocycles. The van der Waals surface area contributed by atoms with Gasteiger partial charge in [-0.25, -0.2) is 0 Å². The second-order valence-electron chi connectivity index (χ2n) is 3.26. The van der Waals surface area contributed by atoms with Gasteiger partial charge >= 0.3 is 0 Å². The lowest BCUT2D eigenvalue weighted by Gasteiger charge is -1.95. The number of halogens is 1. The highest BCUT2D eigenvalue weighted by Crippen LogP contribution is 2.21. The van der Waals surface area contributed by atoms with E-state index in [0.29, 0.717) is 16.7 Å². The van der Waals surface area contributed by atoms with Crippen LogP contribution < -0.4 is 5.73 Å². The molecule has 0 saturated heterocycles. The van der Waals surface area contributed by atoms with E-state index < -0.39 is 0 Å². The maximum Gasteiger partial charge on any atom is 0.258 e. The zero-order valence-corrected chi connectivity index (χ0v) is 8.90. The van der Waals surface area contributed by atoms with Gasteiger partial charge in [0.1, 0.15) is 0 Å². The molecule has 0 spiro atoms. The minimum atomic E-state index is -0.235. The van der Waals surface area contributed by atoms with Gasteiger partial charge in [-0.3, -0.25) is 0 Å². The Bertz CT molecular complexity index is 467. The molecule has 0 saturated carbocycles. The molecule has 2 N–H and O–H groups in total. The van der Waals surface area contributed by atoms with Crippen LogP contribution in [0.4, 0.5) is 0 Å². The summed E-state index contributed by atoms with van der Waals surface area (Å²) >= 11 is 5.85. The van der Waals surface area contributed by atoms with Crippen LogP contribution in [0.3, 0.4) is 0 Å². The molecule has 0 aliphatic carbocycles. The number of nitrogens with zero attached hydrogens (tertiary/aromatic N) is 2. The Kier molecular flexibility index (Phi) is 2.70. The Labute approximate surface area is 92.0 Å². The fraction of sp³-hybridized carbons (Fsp3) is 0.200. The highest BCUT2D eigenvalue weighted by Gasteiger charge is 2.11. The van der Waals surface area contributed by atoms with Crippen LogP contribution >= 0.6 is 11.6 Å². The van der Waals surface area contributed by atoms with Gasteiger partial charge in [-0.05, 0) is 25.1 Å². The van der Waals surface area contributed by atoms with Crippen molar-refractivity contribution < 1.29 is 4.52 Å². The van der Waals surface area contributed by atoms with Crippen molar-refractivity contribution >= 4 is 11.6 Å². The lowest BCUT2D eigenvalue weighted by molar-refractivity contribution is 0.418. The van der Waals surface area contributed by atoms with Crippen LogP contribution in [0.1, 0.15) is 18.8 Å². The molecule has 78 valence electrons. The average molecular weight is 224 g/mol. The molecule has 5 heteroatoms. The summed E-state index contributed by atoms with van der Waals surface area (Å²) in [5.41, 5.74) is 6.42. The van der Waals surface area contributed by atoms with Gasteiger partial charge in [0, 0.05) is 10.6 Å². The van der Waals surface area contributed by atoms with Crippen LogP contribution in [-0.2, 0) is 0 Å². The SMILES string of the molecule is CC(N)c1noc(-c2cccc(Cl)c2)n1. The van der Waals surface area contributed by atoms with E-state index in [0.717, 1.165) is 5.56 Å². The number of hydrogen-bond acceptors (Lipinski definition) is 4. The lowest BCUT2D eigenvalue weighted by Crippen LogP contribution is -2.06. The number of nitrogens with two attached hydrogens (primary N) is 1. The summed E-state index contributed by atoms with van der Waals surface area (Å²) in [6.45, 7) is 1.80. The van der Waals surface area contributed by atoms with Crippen molar-refractivity contribution in [1.82, 2.24) is 10.1 Å². The molecule has 0 fully saturated rings. The number of benzene rings is 1. The van der Waals surface area contributed by atoms with E-state index in [1.165, 1.54) is 0 Å². The van der Waals surface area contributed by atoms with Crippen molar-refractivity contribution in [2.24, 2.45) is 5.73 Å². The summed E-state index contributed by atoms with van der Waals surface area (Å²) in [5, 5.41) is 4.40. The monoisotopic (exact) mass is 223 g/mol. The van der Waals surface area contributed by atoms with Crippen molar-refractivity contribution in [3.05, 3.63) is 35.1 Å². The first-order chi connectivity index (χ1) is 7.16. The van der Waals surface area contributed by atoms with Crippen molar-refractivity contribution in [3.63, 3.8) is 0 Å². The van der Waals surface area contributed by atoms with Gasteiger partial charge < -0.3 is 10.3 Å². The molecule has 1 atom stereocenters. The molecule has 1 heterocycles. The Morgan fingerprint density at radius 1 is 1.47 bits per heavy atom. The smallest absolute Gasteiger partial charge is 0.258 e. The van der Waals surface area contributed by atoms with Gasteiger partial charge in [0.2, 0.25) is 0 Å². The van der Waals surface area contributed by atoms with Crippen LogP contribution in [0, 0.1) is 0 Å². The molecule has 2 aromatic rings. The molecule has 1 aromatic carbocycles. The summed E-state index contributed by atoms with van der Waals surface area (Å²) in [6, 6.07) is 6.99. The molecule has 0 radical (unpaired) electrons. The fourth-order valence-electron chi connectivity index (χ4n) is 1.16. The molecular formula is C10H10ClN3O. The summed E-state index contributed by atoms with van der Waals surface area (Å²) in [4.78, 5) is 4.16. The van der Waals surface area contributed by atoms with Crippen LogP contribution in [0.15, 0.2) is 28.8 Å². The van der Waals surface area contributed by atoms with Crippen LogP contribution in [0.2, 0.25) is 5.02 Å². The Balaban J connectivity index is 2.37. The zero-order chi connectivity index (χ0) is 10.8. The van der Waals surface area contributed by atoms with Gasteiger partial charge in [-0.2, -0.15) is 4.98 Å². The van der Waals surface area contributed by atoms with Gasteiger partial charge in [0.05, 0.1) is 6.04 Å². The van der Waals surface area contributed by atoms with E-state index in [2.05, 4.69) is 10.1 Å². The summed E-state index contributed by atoms with van der Waals surface area (Å²) in [7, 11) is 0. The molecule has 15 heavy (non-hydrogen) atoms. The highest BCUT2D eigenvalue weighted by atomic mass is 35.5. The minimum absolute atomic E-state index is 0.235. The predicted octanol–water partition coefficient (Wildman–Crippen LogP) is 2.41. The fourth-order valence-corrected chi connectivity index (χ4v) is 1.35. The van der Waals surface area contributed by atoms with E-state index >= 15 is 0 Å². The quantitative estimate of drug-likeness (QED) is 0.849. The van der Waals surface area contributed by atoms with E-state index in [4.69, 9.17) is 21.9 Å². The van der Waals surface area contributed by atoms with E-state index in [1.807, 2.05) is 12.1 Å². The minimum Gasteiger partial charge on any atom is -0.334 e. The number of rotatable bonds is 2. The van der Waals surface area contributed by atoms with Crippen molar-refractivity contribution in [2.75, 3.05) is 0 Å². The third-order valence-corrected chi connectivity index (χ3v) is 2.16. The van der Waals surface area contributed by atoms with Crippen LogP contribution in [0.5, 0.6) is 0 Å². The number of hydrogen-bond donors (Lipinski definition) is 1. The standard InChI is InChI=1S/C10H10ClN3O/c1-6(12)9-13-10(15-14-9)7-3-2-4-8(11)5-7/h2-6H,12H2,1H3. The van der Waals surface area contributed by atoms with Crippen molar-refractivity contribution in [3.8, 4) is 11.5 Å². The van der Waals surface area contributed by atoms with E-state index in [9.17, 15) is 0 Å². The Morgan fingerprint density at radius 2 is 2.27 bits per heavy atom. The van der Waals surface area contributed by atoms with E-state index in [1.54, 1.807) is 19.1 Å². The average Bonchev–Trinajstić information content (AvgIpc) is 2.66. The molecule has 0 amide bonds. The molecular weight excluding hydrogens is 214 g/mol. The predicted molar refractivity (Wildman–Crippen MR) is 57.3 cm³/mol. The van der Waals surface area contributed by atoms with E-state index in [-0.39, 0.29) is 6.04 Å². The first kappa shape index (κ1) is 10.1. The number of aromatic nitrogens is 2. The Morgan fingerprint density at radius 3 is 2.87 bits per heavy atom. The molecule has 0 aliphatic rings. The van der Waals surface area contributed by atoms with Crippen LogP contribution in [0.25, 0.3) is 11.5 Å². The normalized spacial score (nSPS) is 12.7. The second-order valence-corrected chi connectivity index (χ2v) is 3.69. The third kappa shape index (κ3) is 2.16. The topological polar surface area (TPSA) is 64.9 Å². The van der Waals surface area contributed by atoms with Gasteiger partial charge in [0.25, 0.3) is 5.89 Å². The first-order valence-corrected chi connectivity index (χ1v) is 4.90. The third-order valence-electron chi connectivity index (χ3n) is 1.92. The lowest BCUT2D eigenvalue weighted by atomic mass is 10.2. The summed E-state index contributed by atoms with van der Waals surface area (Å²) in [6.07, 6.45) is 0. The molecule has 1 unspecified atom stereocenters. The highest BCUT2D eigenvalue weighted by molar-refractivity contribution is 6.30. The first-order valence-electron chi connectivity index (χ1n) is 4.52. The molecule has 0 bridgehead atoms. The second kappa shape index (κ2) is 4.00.